The zero-order chi connectivity index (χ0) is 14.7. The van der Waals surface area contributed by atoms with Gasteiger partial charge in [0.2, 0.25) is 0 Å². The molecule has 1 atom stereocenters. The van der Waals surface area contributed by atoms with Crippen LogP contribution < -0.4 is 5.32 Å². The fourth-order valence-electron chi connectivity index (χ4n) is 2.05. The van der Waals surface area contributed by atoms with Crippen molar-refractivity contribution in [3.63, 3.8) is 0 Å². The molecule has 0 bridgehead atoms. The van der Waals surface area contributed by atoms with Gasteiger partial charge in [-0.25, -0.2) is 0 Å². The molecule has 3 aromatic heterocycles. The molecule has 3 heterocycles. The van der Waals surface area contributed by atoms with Gasteiger partial charge in [0.15, 0.2) is 5.76 Å². The topological polar surface area (TPSA) is 62.5 Å². The number of hydrogen-bond acceptors (Lipinski definition) is 5. The van der Waals surface area contributed by atoms with E-state index < -0.39 is 5.60 Å². The number of nitrogens with one attached hydrogen (secondary N) is 1. The summed E-state index contributed by atoms with van der Waals surface area (Å²) in [6.07, 6.45) is 1.44. The first-order valence-corrected chi connectivity index (χ1v) is 8.13. The number of aliphatic hydroxyl groups is 1. The van der Waals surface area contributed by atoms with Crippen LogP contribution in [0.5, 0.6) is 0 Å². The minimum absolute atomic E-state index is 0.0871. The van der Waals surface area contributed by atoms with Crippen LogP contribution in [0.1, 0.15) is 21.0 Å². The highest BCUT2D eigenvalue weighted by Crippen LogP contribution is 2.33. The van der Waals surface area contributed by atoms with E-state index in [1.807, 2.05) is 34.3 Å². The lowest BCUT2D eigenvalue weighted by atomic mass is 9.94. The Bertz CT molecular complexity index is 653. The third kappa shape index (κ3) is 2.78. The normalized spacial score (nSPS) is 13.8. The molecular weight excluding hydrogens is 306 g/mol. The summed E-state index contributed by atoms with van der Waals surface area (Å²) in [5, 5.41) is 19.5. The van der Waals surface area contributed by atoms with Gasteiger partial charge in [-0.05, 0) is 40.4 Å². The van der Waals surface area contributed by atoms with Crippen molar-refractivity contribution < 1.29 is 14.3 Å². The molecular formula is C15H13NO3S2. The number of furan rings is 1. The van der Waals surface area contributed by atoms with Gasteiger partial charge in [0.05, 0.1) is 12.8 Å². The van der Waals surface area contributed by atoms with E-state index in [0.29, 0.717) is 0 Å². The summed E-state index contributed by atoms with van der Waals surface area (Å²) < 4.78 is 5.05. The van der Waals surface area contributed by atoms with Crippen LogP contribution in [0, 0.1) is 0 Å². The second-order valence-electron chi connectivity index (χ2n) is 4.51. The van der Waals surface area contributed by atoms with Crippen molar-refractivity contribution in [2.24, 2.45) is 0 Å². The Balaban J connectivity index is 1.83. The summed E-state index contributed by atoms with van der Waals surface area (Å²) in [4.78, 5) is 12.8. The number of thiophene rings is 2. The maximum absolute atomic E-state index is 12.0. The van der Waals surface area contributed by atoms with E-state index in [1.165, 1.54) is 28.9 Å². The Kier molecular flexibility index (Phi) is 3.92. The van der Waals surface area contributed by atoms with Gasteiger partial charge in [-0.15, -0.1) is 11.3 Å². The predicted molar refractivity (Wildman–Crippen MR) is 82.7 cm³/mol. The predicted octanol–water partition coefficient (Wildman–Crippen LogP) is 3.07. The van der Waals surface area contributed by atoms with Crippen LogP contribution in [0.25, 0.3) is 0 Å². The van der Waals surface area contributed by atoms with Gasteiger partial charge in [0.1, 0.15) is 5.60 Å². The lowest BCUT2D eigenvalue weighted by molar-refractivity contribution is 0.0706. The smallest absolute Gasteiger partial charge is 0.287 e. The van der Waals surface area contributed by atoms with Crippen LogP contribution in [0.15, 0.2) is 57.2 Å². The highest BCUT2D eigenvalue weighted by molar-refractivity contribution is 7.10. The largest absolute Gasteiger partial charge is 0.459 e. The third-order valence-electron chi connectivity index (χ3n) is 3.18. The fourth-order valence-corrected chi connectivity index (χ4v) is 3.62. The third-order valence-corrected chi connectivity index (χ3v) is 4.88. The fraction of sp³-hybridized carbons (Fsp3) is 0.133. The van der Waals surface area contributed by atoms with Crippen LogP contribution in [-0.2, 0) is 5.60 Å². The first kappa shape index (κ1) is 14.1. The Hall–Kier alpha value is -1.89. The molecule has 0 aliphatic rings. The van der Waals surface area contributed by atoms with Crippen LogP contribution in [0.4, 0.5) is 0 Å². The molecule has 3 rings (SSSR count). The van der Waals surface area contributed by atoms with Gasteiger partial charge in [0, 0.05) is 10.4 Å². The molecule has 0 saturated carbocycles. The van der Waals surface area contributed by atoms with E-state index in [0.717, 1.165) is 10.4 Å². The number of rotatable bonds is 5. The number of carbonyl (C=O) groups is 1. The van der Waals surface area contributed by atoms with Crippen molar-refractivity contribution in [3.05, 3.63) is 68.9 Å². The molecule has 0 aliphatic heterocycles. The zero-order valence-corrected chi connectivity index (χ0v) is 12.6. The highest BCUT2D eigenvalue weighted by Gasteiger charge is 2.33. The monoisotopic (exact) mass is 319 g/mol. The van der Waals surface area contributed by atoms with Crippen molar-refractivity contribution in [2.45, 2.75) is 5.60 Å². The average Bonchev–Trinajstić information content (AvgIpc) is 3.27. The molecule has 3 aromatic rings. The average molecular weight is 319 g/mol. The van der Waals surface area contributed by atoms with E-state index in [-0.39, 0.29) is 18.2 Å². The molecule has 0 radical (unpaired) electrons. The van der Waals surface area contributed by atoms with Gasteiger partial charge in [-0.3, -0.25) is 4.79 Å². The van der Waals surface area contributed by atoms with Crippen molar-refractivity contribution in [3.8, 4) is 0 Å². The van der Waals surface area contributed by atoms with Crippen LogP contribution in [0.2, 0.25) is 0 Å². The Morgan fingerprint density at radius 2 is 2.19 bits per heavy atom. The summed E-state index contributed by atoms with van der Waals surface area (Å²) in [6, 6.07) is 8.85. The highest BCUT2D eigenvalue weighted by atomic mass is 32.1. The van der Waals surface area contributed by atoms with E-state index in [9.17, 15) is 9.90 Å². The summed E-state index contributed by atoms with van der Waals surface area (Å²) in [5.41, 5.74) is -0.453. The van der Waals surface area contributed by atoms with Crippen LogP contribution in [0.3, 0.4) is 0 Å². The van der Waals surface area contributed by atoms with Gasteiger partial charge >= 0.3 is 0 Å². The molecule has 0 saturated heterocycles. The molecule has 21 heavy (non-hydrogen) atoms. The van der Waals surface area contributed by atoms with E-state index >= 15 is 0 Å². The summed E-state index contributed by atoms with van der Waals surface area (Å²) in [7, 11) is 0. The molecule has 2 N–H and O–H groups in total. The van der Waals surface area contributed by atoms with E-state index in [4.69, 9.17) is 4.42 Å². The SMILES string of the molecule is O=C(NCC(O)(c1ccsc1)c1cccs1)c1ccco1. The second-order valence-corrected chi connectivity index (χ2v) is 6.24. The molecule has 0 spiro atoms. The quantitative estimate of drug-likeness (QED) is 0.760. The van der Waals surface area contributed by atoms with E-state index in [2.05, 4.69) is 5.32 Å². The second kappa shape index (κ2) is 5.85. The lowest BCUT2D eigenvalue weighted by Crippen LogP contribution is -2.40. The van der Waals surface area contributed by atoms with Gasteiger partial charge in [0.25, 0.3) is 5.91 Å². The first-order chi connectivity index (χ1) is 10.2. The molecule has 1 unspecified atom stereocenters. The zero-order valence-electron chi connectivity index (χ0n) is 11.0. The number of carbonyl (C=O) groups excluding carboxylic acids is 1. The standard InChI is InChI=1S/C15H13NO3S2/c17-14(12-3-1-6-19-12)16-10-15(18,11-5-8-20-9-11)13-4-2-7-21-13/h1-9,18H,10H2,(H,16,17). The van der Waals surface area contributed by atoms with Crippen molar-refractivity contribution in [1.82, 2.24) is 5.32 Å². The molecule has 1 amide bonds. The molecule has 0 aliphatic carbocycles. The van der Waals surface area contributed by atoms with Gasteiger partial charge in [-0.2, -0.15) is 11.3 Å². The molecule has 6 heteroatoms. The maximum Gasteiger partial charge on any atom is 0.287 e. The summed E-state index contributed by atoms with van der Waals surface area (Å²) >= 11 is 2.97. The Morgan fingerprint density at radius 1 is 1.29 bits per heavy atom. The minimum atomic E-state index is -1.23. The lowest BCUT2D eigenvalue weighted by Gasteiger charge is -2.26. The molecule has 0 aromatic carbocycles. The minimum Gasteiger partial charge on any atom is -0.459 e. The molecule has 0 fully saturated rings. The Morgan fingerprint density at radius 3 is 2.81 bits per heavy atom. The molecule has 4 nitrogen and oxygen atoms in total. The van der Waals surface area contributed by atoms with Crippen molar-refractivity contribution in [1.29, 1.82) is 0 Å². The maximum atomic E-state index is 12.0. The number of hydrogen-bond donors (Lipinski definition) is 2. The van der Waals surface area contributed by atoms with Crippen LogP contribution >= 0.6 is 22.7 Å². The number of amides is 1. The first-order valence-electron chi connectivity index (χ1n) is 6.31. The van der Waals surface area contributed by atoms with Crippen molar-refractivity contribution in [2.75, 3.05) is 6.54 Å². The van der Waals surface area contributed by atoms with Crippen molar-refractivity contribution >= 4 is 28.6 Å². The Labute approximate surface area is 129 Å². The van der Waals surface area contributed by atoms with Crippen LogP contribution in [-0.4, -0.2) is 17.6 Å². The van der Waals surface area contributed by atoms with E-state index in [1.54, 1.807) is 12.1 Å². The van der Waals surface area contributed by atoms with Gasteiger partial charge < -0.3 is 14.8 Å². The van der Waals surface area contributed by atoms with Gasteiger partial charge in [-0.1, -0.05) is 6.07 Å². The summed E-state index contributed by atoms with van der Waals surface area (Å²) in [5.74, 6) is -0.112. The molecule has 108 valence electrons. The summed E-state index contributed by atoms with van der Waals surface area (Å²) in [6.45, 7) is 0.0871.